The predicted octanol–water partition coefficient (Wildman–Crippen LogP) is 2.92. The van der Waals surface area contributed by atoms with Crippen LogP contribution in [0.15, 0.2) is 0 Å². The minimum atomic E-state index is -0.140. The molecule has 1 rings (SSSR count). The molecule has 0 aromatic heterocycles. The van der Waals surface area contributed by atoms with Crippen molar-refractivity contribution in [2.45, 2.75) is 34.6 Å². The molecule has 16 heavy (non-hydrogen) atoms. The highest BCUT2D eigenvalue weighted by atomic mass is 16.5. The normalized spacial score (nSPS) is 10.3. The Hall–Kier alpha value is -1.51. The van der Waals surface area contributed by atoms with E-state index in [1.165, 1.54) is 6.92 Å². The second kappa shape index (κ2) is 4.56. The quantitative estimate of drug-likeness (QED) is 0.800. The highest BCUT2D eigenvalue weighted by Crippen LogP contribution is 2.37. The molecule has 0 saturated carbocycles. The third-order valence-corrected chi connectivity index (χ3v) is 2.85. The maximum Gasteiger partial charge on any atom is 0.163 e. The van der Waals surface area contributed by atoms with Crippen LogP contribution < -0.4 is 4.74 Å². The van der Waals surface area contributed by atoms with Gasteiger partial charge in [-0.1, -0.05) is 0 Å². The molecule has 3 nitrogen and oxygen atoms in total. The molecular formula is C13H18O3. The lowest BCUT2D eigenvalue weighted by Crippen LogP contribution is -2.05. The van der Waals surface area contributed by atoms with E-state index in [4.69, 9.17) is 4.74 Å². The average molecular weight is 222 g/mol. The molecule has 0 bridgehead atoms. The Labute approximate surface area is 96.1 Å². The number of Topliss-reactive ketones (excluding diaryl/α,β-unsaturated/α-hetero) is 1. The number of hydrogen-bond acceptors (Lipinski definition) is 3. The molecule has 0 spiro atoms. The van der Waals surface area contributed by atoms with E-state index in [-0.39, 0.29) is 11.5 Å². The maximum atomic E-state index is 11.5. The number of ether oxygens (including phenoxy) is 1. The summed E-state index contributed by atoms with van der Waals surface area (Å²) in [6.07, 6.45) is 0. The van der Waals surface area contributed by atoms with Crippen molar-refractivity contribution >= 4 is 5.78 Å². The van der Waals surface area contributed by atoms with Crippen molar-refractivity contribution in [3.05, 3.63) is 22.3 Å². The first-order chi connectivity index (χ1) is 7.41. The van der Waals surface area contributed by atoms with Gasteiger partial charge in [0.05, 0.1) is 12.2 Å². The van der Waals surface area contributed by atoms with Crippen LogP contribution >= 0.6 is 0 Å². The summed E-state index contributed by atoms with van der Waals surface area (Å²) in [4.78, 5) is 11.5. The molecule has 88 valence electrons. The lowest BCUT2D eigenvalue weighted by Gasteiger charge is -2.17. The van der Waals surface area contributed by atoms with E-state index in [1.807, 2.05) is 13.8 Å². The van der Waals surface area contributed by atoms with Crippen LogP contribution in [0.4, 0.5) is 0 Å². The number of carbonyl (C=O) groups excluding carboxylic acids is 1. The van der Waals surface area contributed by atoms with E-state index in [2.05, 4.69) is 0 Å². The molecule has 0 atom stereocenters. The van der Waals surface area contributed by atoms with Gasteiger partial charge in [0, 0.05) is 5.56 Å². The molecule has 0 radical (unpaired) electrons. The number of carbonyl (C=O) groups is 1. The summed E-state index contributed by atoms with van der Waals surface area (Å²) in [6, 6.07) is 0. The Kier molecular flexibility index (Phi) is 3.58. The monoisotopic (exact) mass is 222 g/mol. The van der Waals surface area contributed by atoms with Crippen molar-refractivity contribution in [1.29, 1.82) is 0 Å². The molecule has 0 aliphatic heterocycles. The number of phenolic OH excluding ortho intramolecular Hbond substituents is 1. The predicted molar refractivity (Wildman–Crippen MR) is 63.5 cm³/mol. The molecule has 0 fully saturated rings. The van der Waals surface area contributed by atoms with Gasteiger partial charge < -0.3 is 9.84 Å². The molecule has 0 heterocycles. The molecule has 0 amide bonds. The SMILES string of the molecule is CCOc1c(C)c(C)c(O)c(C(C)=O)c1C. The van der Waals surface area contributed by atoms with Gasteiger partial charge in [-0.2, -0.15) is 0 Å². The lowest BCUT2D eigenvalue weighted by atomic mass is 9.95. The number of phenols is 1. The zero-order chi connectivity index (χ0) is 12.5. The minimum absolute atomic E-state index is 0.0750. The number of aromatic hydroxyl groups is 1. The molecule has 1 N–H and O–H groups in total. The van der Waals surface area contributed by atoms with Crippen LogP contribution in [0.3, 0.4) is 0 Å². The number of rotatable bonds is 3. The van der Waals surface area contributed by atoms with Gasteiger partial charge in [0.15, 0.2) is 5.78 Å². The van der Waals surface area contributed by atoms with E-state index >= 15 is 0 Å². The summed E-state index contributed by atoms with van der Waals surface area (Å²) < 4.78 is 5.53. The fourth-order valence-electron chi connectivity index (χ4n) is 1.90. The molecular weight excluding hydrogens is 204 g/mol. The van der Waals surface area contributed by atoms with E-state index in [9.17, 15) is 9.90 Å². The Morgan fingerprint density at radius 2 is 1.75 bits per heavy atom. The molecule has 0 unspecified atom stereocenters. The second-order valence-electron chi connectivity index (χ2n) is 3.92. The molecule has 0 aliphatic rings. The molecule has 0 saturated heterocycles. The zero-order valence-corrected chi connectivity index (χ0v) is 10.5. The minimum Gasteiger partial charge on any atom is -0.507 e. The standard InChI is InChI=1S/C13H18O3/c1-6-16-13-8(3)7(2)12(15)11(9(13)4)10(5)14/h15H,6H2,1-5H3. The summed E-state index contributed by atoms with van der Waals surface area (Å²) in [7, 11) is 0. The highest BCUT2D eigenvalue weighted by Gasteiger charge is 2.20. The molecule has 1 aromatic carbocycles. The third-order valence-electron chi connectivity index (χ3n) is 2.85. The topological polar surface area (TPSA) is 46.5 Å². The smallest absolute Gasteiger partial charge is 0.163 e. The maximum absolute atomic E-state index is 11.5. The first kappa shape index (κ1) is 12.6. The molecule has 1 aromatic rings. The molecule has 3 heteroatoms. The summed E-state index contributed by atoms with van der Waals surface area (Å²) in [5.74, 6) is 0.646. The van der Waals surface area contributed by atoms with E-state index in [0.717, 1.165) is 11.1 Å². The number of hydrogen-bond donors (Lipinski definition) is 1. The van der Waals surface area contributed by atoms with Crippen LogP contribution in [-0.2, 0) is 0 Å². The Morgan fingerprint density at radius 1 is 1.19 bits per heavy atom. The van der Waals surface area contributed by atoms with Gasteiger partial charge in [-0.05, 0) is 45.7 Å². The van der Waals surface area contributed by atoms with Gasteiger partial charge in [-0.15, -0.1) is 0 Å². The van der Waals surface area contributed by atoms with Crippen LogP contribution in [0, 0.1) is 20.8 Å². The second-order valence-corrected chi connectivity index (χ2v) is 3.92. The van der Waals surface area contributed by atoms with Crippen molar-refractivity contribution in [3.8, 4) is 11.5 Å². The Morgan fingerprint density at radius 3 is 2.19 bits per heavy atom. The lowest BCUT2D eigenvalue weighted by molar-refractivity contribution is 0.101. The van der Waals surface area contributed by atoms with Crippen LogP contribution in [0.2, 0.25) is 0 Å². The Balaban J connectivity index is 3.58. The third kappa shape index (κ3) is 1.90. The van der Waals surface area contributed by atoms with Crippen molar-refractivity contribution in [2.75, 3.05) is 6.61 Å². The first-order valence-electron chi connectivity index (χ1n) is 5.38. The summed E-state index contributed by atoms with van der Waals surface area (Å²) >= 11 is 0. The summed E-state index contributed by atoms with van der Waals surface area (Å²) in [5.41, 5.74) is 2.68. The van der Waals surface area contributed by atoms with E-state index in [0.29, 0.717) is 23.5 Å². The van der Waals surface area contributed by atoms with Crippen LogP contribution in [0.25, 0.3) is 0 Å². The average Bonchev–Trinajstić information content (AvgIpc) is 2.21. The first-order valence-corrected chi connectivity index (χ1v) is 5.38. The van der Waals surface area contributed by atoms with Gasteiger partial charge in [-0.3, -0.25) is 4.79 Å². The number of ketones is 1. The van der Waals surface area contributed by atoms with Gasteiger partial charge in [0.25, 0.3) is 0 Å². The van der Waals surface area contributed by atoms with Crippen LogP contribution in [0.1, 0.15) is 40.9 Å². The van der Waals surface area contributed by atoms with Crippen LogP contribution in [0.5, 0.6) is 11.5 Å². The van der Waals surface area contributed by atoms with E-state index < -0.39 is 0 Å². The summed E-state index contributed by atoms with van der Waals surface area (Å²) in [5, 5.41) is 9.95. The van der Waals surface area contributed by atoms with Crippen LogP contribution in [-0.4, -0.2) is 17.5 Å². The van der Waals surface area contributed by atoms with Gasteiger partial charge in [0.2, 0.25) is 0 Å². The van der Waals surface area contributed by atoms with Crippen molar-refractivity contribution < 1.29 is 14.6 Å². The fourth-order valence-corrected chi connectivity index (χ4v) is 1.90. The van der Waals surface area contributed by atoms with Gasteiger partial charge >= 0.3 is 0 Å². The Bertz CT molecular complexity index is 434. The van der Waals surface area contributed by atoms with Gasteiger partial charge in [0.1, 0.15) is 11.5 Å². The number of benzene rings is 1. The largest absolute Gasteiger partial charge is 0.507 e. The fraction of sp³-hybridized carbons (Fsp3) is 0.462. The zero-order valence-electron chi connectivity index (χ0n) is 10.5. The van der Waals surface area contributed by atoms with E-state index in [1.54, 1.807) is 13.8 Å². The molecule has 0 aliphatic carbocycles. The van der Waals surface area contributed by atoms with Gasteiger partial charge in [-0.25, -0.2) is 0 Å². The van der Waals surface area contributed by atoms with Crippen molar-refractivity contribution in [2.24, 2.45) is 0 Å². The van der Waals surface area contributed by atoms with Crippen molar-refractivity contribution in [3.63, 3.8) is 0 Å². The highest BCUT2D eigenvalue weighted by molar-refractivity contribution is 5.99. The summed E-state index contributed by atoms with van der Waals surface area (Å²) in [6.45, 7) is 9.37. The van der Waals surface area contributed by atoms with Crippen molar-refractivity contribution in [1.82, 2.24) is 0 Å².